The van der Waals surface area contributed by atoms with Gasteiger partial charge in [0.1, 0.15) is 0 Å². The molecule has 0 heterocycles. The van der Waals surface area contributed by atoms with E-state index in [1.54, 1.807) is 0 Å². The summed E-state index contributed by atoms with van der Waals surface area (Å²) in [6, 6.07) is 0. The number of aliphatic hydroxyl groups is 1. The second kappa shape index (κ2) is 38.8. The Morgan fingerprint density at radius 1 is 0.500 bits per heavy atom. The Balaban J connectivity index is 4.63. The summed E-state index contributed by atoms with van der Waals surface area (Å²) >= 11 is 0. The van der Waals surface area contributed by atoms with Crippen molar-refractivity contribution in [2.24, 2.45) is 11.8 Å². The topological polar surface area (TPSA) is 76.1 Å². The standard InChI is InChI=1S/C44H85NO5/c1-5-9-13-17-19-23-31-41(29-21-15-11-7-3)39-49-43(47)33-27-36-45(35-25-26-38-46)37-28-34-44(48)50-40-42(30-22-16-12-8-4)32-24-20-18-14-10-6-2/h17,19,41-42,46H,5-16,18,20-40H2,1-4H3/b19-17+. The fourth-order valence-corrected chi connectivity index (χ4v) is 6.69. The number of carbonyl (C=O) groups is 2. The van der Waals surface area contributed by atoms with E-state index in [1.807, 2.05) is 0 Å². The van der Waals surface area contributed by atoms with Crippen LogP contribution in [-0.2, 0) is 19.1 Å². The van der Waals surface area contributed by atoms with Gasteiger partial charge in [-0.15, -0.1) is 0 Å². The van der Waals surface area contributed by atoms with Gasteiger partial charge in [-0.2, -0.15) is 0 Å². The molecule has 0 amide bonds. The maximum absolute atomic E-state index is 12.7. The molecule has 6 heteroatoms. The number of esters is 2. The van der Waals surface area contributed by atoms with Crippen LogP contribution in [0.4, 0.5) is 0 Å². The van der Waals surface area contributed by atoms with E-state index >= 15 is 0 Å². The van der Waals surface area contributed by atoms with Crippen LogP contribution in [0, 0.1) is 11.8 Å². The minimum absolute atomic E-state index is 0.0777. The van der Waals surface area contributed by atoms with Crippen LogP contribution in [0.5, 0.6) is 0 Å². The number of carbonyl (C=O) groups excluding carboxylic acids is 2. The highest BCUT2D eigenvalue weighted by atomic mass is 16.5. The van der Waals surface area contributed by atoms with Crippen molar-refractivity contribution in [1.82, 2.24) is 4.90 Å². The quantitative estimate of drug-likeness (QED) is 0.0389. The average molecular weight is 708 g/mol. The van der Waals surface area contributed by atoms with Gasteiger partial charge < -0.3 is 19.5 Å². The van der Waals surface area contributed by atoms with Crippen molar-refractivity contribution in [3.8, 4) is 0 Å². The number of rotatable bonds is 39. The maximum atomic E-state index is 12.7. The molecule has 0 spiro atoms. The molecule has 0 aromatic rings. The third-order valence-corrected chi connectivity index (χ3v) is 10.1. The highest BCUT2D eigenvalue weighted by Crippen LogP contribution is 2.21. The SMILES string of the molecule is CCCC/C=C/CCC(CCCCCC)COC(=O)CCCN(CCCCO)CCCC(=O)OCC(CCCCCC)CCCCCCCC. The van der Waals surface area contributed by atoms with E-state index in [0.29, 0.717) is 37.9 Å². The Morgan fingerprint density at radius 3 is 1.42 bits per heavy atom. The van der Waals surface area contributed by atoms with E-state index < -0.39 is 0 Å². The van der Waals surface area contributed by atoms with Gasteiger partial charge in [0.15, 0.2) is 0 Å². The van der Waals surface area contributed by atoms with E-state index in [2.05, 4.69) is 44.7 Å². The van der Waals surface area contributed by atoms with Crippen LogP contribution in [-0.4, -0.2) is 61.4 Å². The lowest BCUT2D eigenvalue weighted by atomic mass is 9.95. The van der Waals surface area contributed by atoms with Crippen LogP contribution in [0.3, 0.4) is 0 Å². The van der Waals surface area contributed by atoms with Crippen LogP contribution in [0.1, 0.15) is 207 Å². The minimum Gasteiger partial charge on any atom is -0.465 e. The van der Waals surface area contributed by atoms with Gasteiger partial charge in [-0.3, -0.25) is 9.59 Å². The van der Waals surface area contributed by atoms with E-state index in [0.717, 1.165) is 71.0 Å². The molecule has 0 aliphatic rings. The summed E-state index contributed by atoms with van der Waals surface area (Å²) in [4.78, 5) is 27.8. The Hall–Kier alpha value is -1.40. The first kappa shape index (κ1) is 48.6. The Morgan fingerprint density at radius 2 is 0.920 bits per heavy atom. The minimum atomic E-state index is -0.0915. The first-order chi connectivity index (χ1) is 24.5. The van der Waals surface area contributed by atoms with Crippen LogP contribution < -0.4 is 0 Å². The zero-order valence-electron chi connectivity index (χ0n) is 33.9. The molecule has 0 aliphatic carbocycles. The van der Waals surface area contributed by atoms with Gasteiger partial charge in [0.2, 0.25) is 0 Å². The van der Waals surface area contributed by atoms with Crippen molar-refractivity contribution >= 4 is 11.9 Å². The molecular weight excluding hydrogens is 622 g/mol. The lowest BCUT2D eigenvalue weighted by Gasteiger charge is -2.22. The van der Waals surface area contributed by atoms with Gasteiger partial charge in [-0.1, -0.05) is 143 Å². The molecule has 296 valence electrons. The molecule has 6 nitrogen and oxygen atoms in total. The number of aliphatic hydroxyl groups excluding tert-OH is 1. The zero-order valence-corrected chi connectivity index (χ0v) is 33.9. The molecular formula is C44H85NO5. The van der Waals surface area contributed by atoms with E-state index in [1.165, 1.54) is 116 Å². The summed E-state index contributed by atoms with van der Waals surface area (Å²) < 4.78 is 11.6. The van der Waals surface area contributed by atoms with Gasteiger partial charge in [0, 0.05) is 19.4 Å². The number of allylic oxidation sites excluding steroid dienone is 2. The highest BCUT2D eigenvalue weighted by molar-refractivity contribution is 5.69. The second-order valence-electron chi connectivity index (χ2n) is 15.0. The predicted octanol–water partition coefficient (Wildman–Crippen LogP) is 12.2. The molecule has 2 unspecified atom stereocenters. The molecule has 50 heavy (non-hydrogen) atoms. The fraction of sp³-hybridized carbons (Fsp3) is 0.909. The average Bonchev–Trinajstić information content (AvgIpc) is 3.11. The molecule has 0 radical (unpaired) electrons. The van der Waals surface area contributed by atoms with Crippen molar-refractivity contribution in [2.75, 3.05) is 39.5 Å². The van der Waals surface area contributed by atoms with Gasteiger partial charge in [-0.25, -0.2) is 0 Å². The molecule has 0 fully saturated rings. The van der Waals surface area contributed by atoms with Gasteiger partial charge in [-0.05, 0) is 95.7 Å². The van der Waals surface area contributed by atoms with Crippen molar-refractivity contribution in [1.29, 1.82) is 0 Å². The smallest absolute Gasteiger partial charge is 0.305 e. The molecule has 0 rings (SSSR count). The molecule has 0 saturated carbocycles. The lowest BCUT2D eigenvalue weighted by Crippen LogP contribution is -2.28. The third kappa shape index (κ3) is 33.7. The summed E-state index contributed by atoms with van der Waals surface area (Å²) in [5, 5.41) is 9.31. The molecule has 0 aromatic heterocycles. The molecule has 0 saturated heterocycles. The number of unbranched alkanes of at least 4 members (excludes halogenated alkanes) is 14. The Bertz CT molecular complexity index is 757. The predicted molar refractivity (Wildman–Crippen MR) is 214 cm³/mol. The zero-order chi connectivity index (χ0) is 36.8. The molecule has 1 N–H and O–H groups in total. The van der Waals surface area contributed by atoms with Crippen molar-refractivity contribution < 1.29 is 24.2 Å². The lowest BCUT2D eigenvalue weighted by molar-refractivity contribution is -0.146. The van der Waals surface area contributed by atoms with Crippen molar-refractivity contribution in [3.63, 3.8) is 0 Å². The monoisotopic (exact) mass is 708 g/mol. The third-order valence-electron chi connectivity index (χ3n) is 10.1. The summed E-state index contributed by atoms with van der Waals surface area (Å²) in [5.74, 6) is 0.755. The van der Waals surface area contributed by atoms with E-state index in [4.69, 9.17) is 9.47 Å². The van der Waals surface area contributed by atoms with Crippen LogP contribution in [0.25, 0.3) is 0 Å². The summed E-state index contributed by atoms with van der Waals surface area (Å²) in [7, 11) is 0. The molecule has 0 aliphatic heterocycles. The van der Waals surface area contributed by atoms with Gasteiger partial charge >= 0.3 is 11.9 Å². The Labute approximate surface area is 311 Å². The van der Waals surface area contributed by atoms with Gasteiger partial charge in [0.25, 0.3) is 0 Å². The van der Waals surface area contributed by atoms with Crippen LogP contribution in [0.2, 0.25) is 0 Å². The summed E-state index contributed by atoms with van der Waals surface area (Å²) in [5.41, 5.74) is 0. The van der Waals surface area contributed by atoms with Crippen molar-refractivity contribution in [3.05, 3.63) is 12.2 Å². The number of ether oxygens (including phenoxy) is 2. The largest absolute Gasteiger partial charge is 0.465 e. The number of hydrogen-bond acceptors (Lipinski definition) is 6. The first-order valence-electron chi connectivity index (χ1n) is 21.8. The normalized spacial score (nSPS) is 12.9. The summed E-state index contributed by atoms with van der Waals surface area (Å²) in [6.07, 6.45) is 35.8. The second-order valence-corrected chi connectivity index (χ2v) is 15.0. The molecule has 0 bridgehead atoms. The van der Waals surface area contributed by atoms with Crippen LogP contribution >= 0.6 is 0 Å². The van der Waals surface area contributed by atoms with E-state index in [-0.39, 0.29) is 18.5 Å². The molecule has 0 aromatic carbocycles. The maximum Gasteiger partial charge on any atom is 0.305 e. The van der Waals surface area contributed by atoms with Crippen molar-refractivity contribution in [2.45, 2.75) is 207 Å². The highest BCUT2D eigenvalue weighted by Gasteiger charge is 2.15. The van der Waals surface area contributed by atoms with Crippen LogP contribution in [0.15, 0.2) is 12.2 Å². The summed E-state index contributed by atoms with van der Waals surface area (Å²) in [6.45, 7) is 12.8. The Kier molecular flexibility index (Phi) is 37.7. The number of nitrogens with zero attached hydrogens (tertiary/aromatic N) is 1. The molecule has 2 atom stereocenters. The number of hydrogen-bond donors (Lipinski definition) is 1. The van der Waals surface area contributed by atoms with E-state index in [9.17, 15) is 14.7 Å². The first-order valence-corrected chi connectivity index (χ1v) is 21.8. The fourth-order valence-electron chi connectivity index (χ4n) is 6.69. The van der Waals surface area contributed by atoms with Gasteiger partial charge in [0.05, 0.1) is 13.2 Å².